The van der Waals surface area contributed by atoms with Gasteiger partial charge in [0.2, 0.25) is 29.1 Å². The molecule has 0 atom stereocenters. The molecule has 7 N–H and O–H groups in total. The molecule has 6 aliphatic rings. The van der Waals surface area contributed by atoms with Gasteiger partial charge in [-0.25, -0.2) is 46.2 Å². The fourth-order valence-corrected chi connectivity index (χ4v) is 13.1. The van der Waals surface area contributed by atoms with E-state index in [1.165, 1.54) is 38.1 Å². The van der Waals surface area contributed by atoms with Crippen LogP contribution < -0.4 is 61.0 Å². The zero-order valence-corrected chi connectivity index (χ0v) is 48.8. The average molecular weight is 1190 g/mol. The Labute approximate surface area is 493 Å². The number of nitrogens with zero attached hydrogens (tertiary/aromatic N) is 5. The summed E-state index contributed by atoms with van der Waals surface area (Å²) in [7, 11) is -1.74. The van der Waals surface area contributed by atoms with Crippen molar-refractivity contribution >= 4 is 92.9 Å². The molecule has 3 aliphatic carbocycles. The molecule has 0 unspecified atom stereocenters. The number of benzene rings is 3. The van der Waals surface area contributed by atoms with Gasteiger partial charge in [-0.2, -0.15) is 8.61 Å². The standard InChI is InChI=1S/C17H22N2O4S.C16H21N3O4S.C14H18N2O2.C3H5ClO2S.2CH4.H3NO.Na.H2O/c1-23-17(20)9-6-14-4-2-3-5-16(14)18-10-12-19(13-11-18)24(21,22)15-7-8-15;20-16(17-21)8-5-13-3-1-2-4-15(13)18-9-11-19(12-10-18)24(22,23)14-6-7-14;1-18-14(17)7-6-12-4-2-3-5-13(12)16-10-8-15-9-11-16;4-7(5,6)3-1-2-3;;;1-2;;/h2-6,9,15H,7-8,10-13H2,1H3;1-5,8,14,21H,6-7,9-12H2,(H,17,20);2-7,15H,8-11H2,1H3;3H,1-2H2;2*1H4;2H,1H2;;1H2/q;;;;;;;+1;/p-1/b9-6+;8-5+;7-6+;;;;;;. The first-order valence-corrected chi connectivity index (χ1v) is 29.9. The monoisotopic (exact) mass is 1190 g/mol. The normalized spacial score (nSPS) is 17.6. The zero-order valence-electron chi connectivity index (χ0n) is 43.6. The van der Waals surface area contributed by atoms with E-state index in [1.807, 2.05) is 72.8 Å². The number of carbonyl (C=O) groups is 3. The molecule has 3 saturated heterocycles. The van der Waals surface area contributed by atoms with E-state index in [4.69, 9.17) is 21.1 Å². The Kier molecular flexibility index (Phi) is 32.5. The Bertz CT molecular complexity index is 2670. The Hall–Kier alpha value is -4.45. The molecule has 3 saturated carbocycles. The molecule has 9 rings (SSSR count). The fraction of sp³-hybridized carbons (Fsp3) is 0.481. The summed E-state index contributed by atoms with van der Waals surface area (Å²) in [5.74, 6) is 2.18. The number of hydrogen-bond acceptors (Lipinski definition) is 19. The van der Waals surface area contributed by atoms with Gasteiger partial charge >= 0.3 is 41.5 Å². The van der Waals surface area contributed by atoms with Crippen LogP contribution in [0.3, 0.4) is 0 Å². The topological polar surface area (TPSA) is 309 Å². The molecule has 27 heteroatoms. The fourth-order valence-electron chi connectivity index (χ4n) is 8.18. The number of nitrogens with one attached hydrogen (secondary N) is 2. The van der Waals surface area contributed by atoms with Crippen LogP contribution in [0.25, 0.3) is 18.2 Å². The Morgan fingerprint density at radius 3 is 1.14 bits per heavy atom. The summed E-state index contributed by atoms with van der Waals surface area (Å²) in [5.41, 5.74) is 7.49. The third-order valence-electron chi connectivity index (χ3n) is 12.7. The molecule has 0 spiro atoms. The summed E-state index contributed by atoms with van der Waals surface area (Å²) in [6, 6.07) is 23.5. The largest absolute Gasteiger partial charge is 1.00 e. The second kappa shape index (κ2) is 35.4. The summed E-state index contributed by atoms with van der Waals surface area (Å²) in [5, 5.41) is 17.9. The van der Waals surface area contributed by atoms with Gasteiger partial charge in [-0.05, 0) is 91.6 Å². The van der Waals surface area contributed by atoms with Crippen LogP contribution in [0.2, 0.25) is 0 Å². The van der Waals surface area contributed by atoms with Gasteiger partial charge in [0, 0.05) is 125 Å². The number of sulfonamides is 2. The number of para-hydroxylation sites is 3. The first kappa shape index (κ1) is 72.6. The van der Waals surface area contributed by atoms with Crippen LogP contribution in [-0.4, -0.2) is 176 Å². The summed E-state index contributed by atoms with van der Waals surface area (Å²) < 4.78 is 82.0. The minimum absolute atomic E-state index is 0. The van der Waals surface area contributed by atoms with Crippen molar-refractivity contribution in [3.8, 4) is 0 Å². The van der Waals surface area contributed by atoms with E-state index >= 15 is 0 Å². The quantitative estimate of drug-likeness (QED) is 0.0383. The molecule has 0 aromatic heterocycles. The third-order valence-corrected chi connectivity index (χ3v) is 19.5. The van der Waals surface area contributed by atoms with Gasteiger partial charge in [0.1, 0.15) is 0 Å². The second-order valence-electron chi connectivity index (χ2n) is 17.9. The molecule has 1 amide bonds. The minimum Gasteiger partial charge on any atom is -0.870 e. The zero-order chi connectivity index (χ0) is 54.6. The number of hydrogen-bond donors (Lipinski definition) is 5. The number of methoxy groups -OCH3 is 2. The van der Waals surface area contributed by atoms with Crippen molar-refractivity contribution < 1.29 is 94.6 Å². The van der Waals surface area contributed by atoms with Crippen LogP contribution in [0.1, 0.15) is 70.1 Å². The number of ether oxygens (including phenoxy) is 2. The summed E-state index contributed by atoms with van der Waals surface area (Å²) >= 11 is 0. The van der Waals surface area contributed by atoms with Crippen LogP contribution >= 0.6 is 10.7 Å². The maximum Gasteiger partial charge on any atom is 1.00 e. The average Bonchev–Trinajstić information content (AvgIpc) is 4.25. The van der Waals surface area contributed by atoms with E-state index in [-0.39, 0.29) is 71.6 Å². The van der Waals surface area contributed by atoms with Crippen molar-refractivity contribution in [1.29, 1.82) is 0 Å². The molecule has 0 bridgehead atoms. The number of amides is 1. The number of carbonyl (C=O) groups excluding carboxylic acids is 3. The molecular weight excluding hydrogens is 1120 g/mol. The van der Waals surface area contributed by atoms with E-state index < -0.39 is 41.0 Å². The molecule has 6 fully saturated rings. The van der Waals surface area contributed by atoms with Crippen molar-refractivity contribution in [1.82, 2.24) is 19.4 Å². The van der Waals surface area contributed by atoms with Crippen LogP contribution in [0.4, 0.5) is 17.1 Å². The molecule has 3 aliphatic heterocycles. The molecule has 3 heterocycles. The van der Waals surface area contributed by atoms with Gasteiger partial charge in [-0.3, -0.25) is 10.0 Å². The maximum absolute atomic E-state index is 12.3. The minimum atomic E-state index is -3.16. The summed E-state index contributed by atoms with van der Waals surface area (Å²) in [6.07, 6.45) is 13.9. The van der Waals surface area contributed by atoms with Crippen LogP contribution in [0.5, 0.6) is 0 Å². The van der Waals surface area contributed by atoms with E-state index in [1.54, 1.807) is 26.2 Å². The molecule has 436 valence electrons. The maximum atomic E-state index is 12.3. The van der Waals surface area contributed by atoms with Crippen molar-refractivity contribution in [2.24, 2.45) is 5.90 Å². The van der Waals surface area contributed by atoms with Crippen molar-refractivity contribution in [2.75, 3.05) is 107 Å². The molecule has 0 radical (unpaired) electrons. The molecule has 3 aromatic rings. The number of nitrogens with two attached hydrogens (primary N) is 1. The van der Waals surface area contributed by atoms with Crippen molar-refractivity contribution in [2.45, 2.75) is 69.1 Å². The number of piperazine rings is 3. The number of hydroxylamine groups is 1. The van der Waals surface area contributed by atoms with E-state index in [0.717, 1.165) is 92.8 Å². The van der Waals surface area contributed by atoms with Crippen molar-refractivity contribution in [3.63, 3.8) is 0 Å². The Balaban J connectivity index is 0.000000540. The molecular formula is C52H78ClN8NaO14S3. The molecule has 79 heavy (non-hydrogen) atoms. The summed E-state index contributed by atoms with van der Waals surface area (Å²) in [4.78, 5) is 40.2. The molecule has 22 nitrogen and oxygen atoms in total. The van der Waals surface area contributed by atoms with Gasteiger partial charge in [-0.1, -0.05) is 69.5 Å². The Morgan fingerprint density at radius 1 is 0.557 bits per heavy atom. The van der Waals surface area contributed by atoms with Gasteiger partial charge in [0.15, 0.2) is 0 Å². The van der Waals surface area contributed by atoms with Crippen LogP contribution in [0, 0.1) is 0 Å². The summed E-state index contributed by atoms with van der Waals surface area (Å²) in [6.45, 7) is 8.47. The number of rotatable bonds is 14. The van der Waals surface area contributed by atoms with Gasteiger partial charge in [0.05, 0.1) is 30.0 Å². The number of anilines is 3. The Morgan fingerprint density at radius 2 is 0.861 bits per heavy atom. The van der Waals surface area contributed by atoms with E-state index in [9.17, 15) is 39.6 Å². The van der Waals surface area contributed by atoms with Gasteiger partial charge < -0.3 is 40.2 Å². The number of esters is 2. The SMILES string of the molecule is C.C.COC(=O)/C=C/c1ccccc1N1CCN(S(=O)(=O)C2CC2)CC1.COC(=O)/C=C/c1ccccc1N1CCNCC1.NO.O=C(/C=C/c1ccccc1N1CCN(S(=O)(=O)C2CC2)CC1)NO.O=S(=O)(Cl)C1CC1.[Na+].[OH-]. The van der Waals surface area contributed by atoms with Gasteiger partial charge in [-0.15, -0.1) is 0 Å². The first-order chi connectivity index (χ1) is 36.0. The predicted molar refractivity (Wildman–Crippen MR) is 306 cm³/mol. The van der Waals surface area contributed by atoms with E-state index in [2.05, 4.69) is 41.5 Å². The first-order valence-electron chi connectivity index (χ1n) is 24.5. The van der Waals surface area contributed by atoms with E-state index in [0.29, 0.717) is 52.4 Å². The van der Waals surface area contributed by atoms with Gasteiger partial charge in [0.25, 0.3) is 5.91 Å². The van der Waals surface area contributed by atoms with Crippen LogP contribution in [0.15, 0.2) is 91.0 Å². The molecule has 3 aromatic carbocycles. The number of halogens is 1. The van der Waals surface area contributed by atoms with Crippen LogP contribution in [-0.2, 0) is 53.0 Å². The second-order valence-corrected chi connectivity index (χ2v) is 25.2. The third kappa shape index (κ3) is 22.8. The predicted octanol–water partition coefficient (Wildman–Crippen LogP) is 1.74. The smallest absolute Gasteiger partial charge is 0.870 e. The van der Waals surface area contributed by atoms with Crippen molar-refractivity contribution in [3.05, 3.63) is 108 Å².